The van der Waals surface area contributed by atoms with Crippen LogP contribution in [0.1, 0.15) is 25.0 Å². The van der Waals surface area contributed by atoms with E-state index in [2.05, 4.69) is 5.32 Å². The van der Waals surface area contributed by atoms with Crippen LogP contribution in [0, 0.1) is 0 Å². The highest BCUT2D eigenvalue weighted by atomic mass is 16.5. The minimum absolute atomic E-state index is 0.395. The van der Waals surface area contributed by atoms with E-state index in [0.717, 1.165) is 24.3 Å². The first-order valence-corrected chi connectivity index (χ1v) is 5.33. The predicted octanol–water partition coefficient (Wildman–Crippen LogP) is 1.73. The SMILES string of the molecule is CCOc1ccc(C(O)CCNC)cc1. The number of hydrogen-bond acceptors (Lipinski definition) is 3. The van der Waals surface area contributed by atoms with Gasteiger partial charge in [0.15, 0.2) is 0 Å². The summed E-state index contributed by atoms with van der Waals surface area (Å²) >= 11 is 0. The van der Waals surface area contributed by atoms with Gasteiger partial charge in [-0.2, -0.15) is 0 Å². The van der Waals surface area contributed by atoms with Gasteiger partial charge in [-0.15, -0.1) is 0 Å². The number of aliphatic hydroxyl groups excluding tert-OH is 1. The number of benzene rings is 1. The fourth-order valence-corrected chi connectivity index (χ4v) is 1.40. The minimum atomic E-state index is -0.395. The van der Waals surface area contributed by atoms with Gasteiger partial charge in [0, 0.05) is 0 Å². The van der Waals surface area contributed by atoms with E-state index in [1.54, 1.807) is 0 Å². The van der Waals surface area contributed by atoms with Gasteiger partial charge in [0.1, 0.15) is 5.75 Å². The van der Waals surface area contributed by atoms with Gasteiger partial charge in [-0.05, 0) is 44.6 Å². The Labute approximate surface area is 91.1 Å². The lowest BCUT2D eigenvalue weighted by Crippen LogP contribution is -2.11. The van der Waals surface area contributed by atoms with E-state index < -0.39 is 6.10 Å². The second-order valence-corrected chi connectivity index (χ2v) is 3.41. The van der Waals surface area contributed by atoms with Crippen LogP contribution in [-0.2, 0) is 0 Å². The highest BCUT2D eigenvalue weighted by Gasteiger charge is 2.06. The highest BCUT2D eigenvalue weighted by molar-refractivity contribution is 5.28. The average molecular weight is 209 g/mol. The molecule has 0 aromatic heterocycles. The molecule has 3 nitrogen and oxygen atoms in total. The van der Waals surface area contributed by atoms with Gasteiger partial charge in [-0.3, -0.25) is 0 Å². The number of ether oxygens (including phenoxy) is 1. The molecule has 1 atom stereocenters. The quantitative estimate of drug-likeness (QED) is 0.749. The van der Waals surface area contributed by atoms with Gasteiger partial charge in [0.25, 0.3) is 0 Å². The second-order valence-electron chi connectivity index (χ2n) is 3.41. The highest BCUT2D eigenvalue weighted by Crippen LogP contribution is 2.19. The molecule has 2 N–H and O–H groups in total. The van der Waals surface area contributed by atoms with Crippen LogP contribution >= 0.6 is 0 Å². The smallest absolute Gasteiger partial charge is 0.119 e. The van der Waals surface area contributed by atoms with Crippen molar-refractivity contribution in [2.75, 3.05) is 20.2 Å². The molecule has 3 heteroatoms. The van der Waals surface area contributed by atoms with Crippen molar-refractivity contribution < 1.29 is 9.84 Å². The van der Waals surface area contributed by atoms with E-state index in [4.69, 9.17) is 4.74 Å². The first kappa shape index (κ1) is 12.0. The standard InChI is InChI=1S/C12H19NO2/c1-3-15-11-6-4-10(5-7-11)12(14)8-9-13-2/h4-7,12-14H,3,8-9H2,1-2H3. The normalized spacial score (nSPS) is 12.5. The van der Waals surface area contributed by atoms with Crippen LogP contribution in [0.4, 0.5) is 0 Å². The maximum atomic E-state index is 9.79. The summed E-state index contributed by atoms with van der Waals surface area (Å²) in [5.74, 6) is 0.849. The summed E-state index contributed by atoms with van der Waals surface area (Å²) in [4.78, 5) is 0. The lowest BCUT2D eigenvalue weighted by Gasteiger charge is -2.11. The van der Waals surface area contributed by atoms with E-state index in [0.29, 0.717) is 6.61 Å². The van der Waals surface area contributed by atoms with Gasteiger partial charge >= 0.3 is 0 Å². The van der Waals surface area contributed by atoms with Crippen LogP contribution in [0.15, 0.2) is 24.3 Å². The Morgan fingerprint density at radius 2 is 2.00 bits per heavy atom. The number of hydrogen-bond donors (Lipinski definition) is 2. The van der Waals surface area contributed by atoms with Crippen molar-refractivity contribution >= 4 is 0 Å². The topological polar surface area (TPSA) is 41.5 Å². The third-order valence-electron chi connectivity index (χ3n) is 2.24. The van der Waals surface area contributed by atoms with E-state index in [1.165, 1.54) is 0 Å². The Balaban J connectivity index is 2.54. The monoisotopic (exact) mass is 209 g/mol. The summed E-state index contributed by atoms with van der Waals surface area (Å²) in [6.45, 7) is 3.44. The summed E-state index contributed by atoms with van der Waals surface area (Å²) in [5.41, 5.74) is 0.939. The number of aliphatic hydroxyl groups is 1. The molecule has 0 radical (unpaired) electrons. The summed E-state index contributed by atoms with van der Waals surface area (Å²) in [6, 6.07) is 7.60. The summed E-state index contributed by atoms with van der Waals surface area (Å²) < 4.78 is 5.33. The van der Waals surface area contributed by atoms with E-state index in [9.17, 15) is 5.11 Å². The third-order valence-corrected chi connectivity index (χ3v) is 2.24. The van der Waals surface area contributed by atoms with Gasteiger partial charge in [0.05, 0.1) is 12.7 Å². The van der Waals surface area contributed by atoms with Crippen molar-refractivity contribution in [1.82, 2.24) is 5.32 Å². The minimum Gasteiger partial charge on any atom is -0.494 e. The molecular formula is C12H19NO2. The molecule has 84 valence electrons. The Hall–Kier alpha value is -1.06. The van der Waals surface area contributed by atoms with Crippen molar-refractivity contribution in [3.05, 3.63) is 29.8 Å². The van der Waals surface area contributed by atoms with Crippen LogP contribution in [-0.4, -0.2) is 25.3 Å². The maximum Gasteiger partial charge on any atom is 0.119 e. The predicted molar refractivity (Wildman–Crippen MR) is 61.1 cm³/mol. The van der Waals surface area contributed by atoms with Crippen LogP contribution in [0.5, 0.6) is 5.75 Å². The molecule has 1 rings (SSSR count). The van der Waals surface area contributed by atoms with Crippen LogP contribution in [0.25, 0.3) is 0 Å². The maximum absolute atomic E-state index is 9.79. The molecule has 0 aliphatic rings. The zero-order valence-corrected chi connectivity index (χ0v) is 9.36. The molecular weight excluding hydrogens is 190 g/mol. The van der Waals surface area contributed by atoms with Gasteiger partial charge in [-0.1, -0.05) is 12.1 Å². The summed E-state index contributed by atoms with van der Waals surface area (Å²) in [5, 5.41) is 12.8. The first-order chi connectivity index (χ1) is 7.27. The Bertz CT molecular complexity index is 271. The third kappa shape index (κ3) is 3.90. The summed E-state index contributed by atoms with van der Waals surface area (Å²) in [6.07, 6.45) is 0.331. The zero-order chi connectivity index (χ0) is 11.1. The van der Waals surface area contributed by atoms with E-state index in [-0.39, 0.29) is 0 Å². The van der Waals surface area contributed by atoms with Gasteiger partial charge < -0.3 is 15.2 Å². The lowest BCUT2D eigenvalue weighted by atomic mass is 10.1. The fourth-order valence-electron chi connectivity index (χ4n) is 1.40. The van der Waals surface area contributed by atoms with Crippen LogP contribution < -0.4 is 10.1 Å². The molecule has 0 heterocycles. The van der Waals surface area contributed by atoms with Crippen molar-refractivity contribution in [2.24, 2.45) is 0 Å². The van der Waals surface area contributed by atoms with Crippen LogP contribution in [0.3, 0.4) is 0 Å². The molecule has 0 spiro atoms. The molecule has 1 aromatic rings. The Kier molecular flexibility index (Phi) is 5.15. The molecule has 0 aliphatic carbocycles. The molecule has 1 unspecified atom stereocenters. The van der Waals surface area contributed by atoms with E-state index >= 15 is 0 Å². The number of rotatable bonds is 6. The van der Waals surface area contributed by atoms with Crippen molar-refractivity contribution in [1.29, 1.82) is 0 Å². The second kappa shape index (κ2) is 6.43. The van der Waals surface area contributed by atoms with Crippen molar-refractivity contribution in [3.63, 3.8) is 0 Å². The molecule has 0 saturated heterocycles. The summed E-state index contributed by atoms with van der Waals surface area (Å²) in [7, 11) is 1.88. The number of nitrogens with one attached hydrogen (secondary N) is 1. The molecule has 0 amide bonds. The molecule has 0 saturated carbocycles. The molecule has 0 aliphatic heterocycles. The molecule has 15 heavy (non-hydrogen) atoms. The molecule has 1 aromatic carbocycles. The van der Waals surface area contributed by atoms with Gasteiger partial charge in [-0.25, -0.2) is 0 Å². The van der Waals surface area contributed by atoms with E-state index in [1.807, 2.05) is 38.2 Å². The fraction of sp³-hybridized carbons (Fsp3) is 0.500. The zero-order valence-electron chi connectivity index (χ0n) is 9.36. The molecule has 0 fully saturated rings. The Morgan fingerprint density at radius 3 is 2.53 bits per heavy atom. The van der Waals surface area contributed by atoms with Crippen molar-refractivity contribution in [2.45, 2.75) is 19.4 Å². The Morgan fingerprint density at radius 1 is 1.33 bits per heavy atom. The van der Waals surface area contributed by atoms with Crippen LogP contribution in [0.2, 0.25) is 0 Å². The lowest BCUT2D eigenvalue weighted by molar-refractivity contribution is 0.167. The largest absolute Gasteiger partial charge is 0.494 e. The van der Waals surface area contributed by atoms with Crippen molar-refractivity contribution in [3.8, 4) is 5.75 Å². The first-order valence-electron chi connectivity index (χ1n) is 5.33. The average Bonchev–Trinajstić information content (AvgIpc) is 2.27. The van der Waals surface area contributed by atoms with Gasteiger partial charge in [0.2, 0.25) is 0 Å². The molecule has 0 bridgehead atoms.